The van der Waals surface area contributed by atoms with E-state index in [1.54, 1.807) is 0 Å². The normalized spacial score (nSPS) is 1.00. The van der Waals surface area contributed by atoms with Crippen molar-refractivity contribution in [1.29, 1.82) is 0 Å². The van der Waals surface area contributed by atoms with E-state index in [1.807, 2.05) is 0 Å². The van der Waals surface area contributed by atoms with Crippen LogP contribution in [0.2, 0.25) is 0 Å². The Morgan fingerprint density at radius 1 is 1.25 bits per heavy atom. The number of hydrogen-bond acceptors (Lipinski definition) is 1. The van der Waals surface area contributed by atoms with Crippen molar-refractivity contribution in [3.8, 4) is 0 Å². The van der Waals surface area contributed by atoms with E-state index in [9.17, 15) is 0 Å². The molecule has 28 valence electrons. The van der Waals surface area contributed by atoms with Gasteiger partial charge < -0.3 is 0 Å². The van der Waals surface area contributed by atoms with Crippen LogP contribution in [-0.2, 0) is 11.8 Å². The van der Waals surface area contributed by atoms with Crippen molar-refractivity contribution in [2.24, 2.45) is 0 Å². The van der Waals surface area contributed by atoms with E-state index >= 15 is 0 Å². The summed E-state index contributed by atoms with van der Waals surface area (Å²) in [5.74, 6) is 0. The van der Waals surface area contributed by atoms with Crippen molar-refractivity contribution in [1.82, 2.24) is 0 Å². The van der Waals surface area contributed by atoms with Gasteiger partial charge >= 0.3 is 0 Å². The van der Waals surface area contributed by atoms with E-state index in [0.29, 0.717) is 0 Å². The first-order valence-electron chi connectivity index (χ1n) is 0.204. The molecule has 0 aromatic carbocycles. The van der Waals surface area contributed by atoms with Crippen LogP contribution in [0, 0.1) is 0 Å². The zero-order valence-corrected chi connectivity index (χ0v) is 6.35. The molecule has 0 fully saturated rings. The second kappa shape index (κ2) is 27.7. The van der Waals surface area contributed by atoms with E-state index in [0.717, 1.165) is 0 Å². The van der Waals surface area contributed by atoms with Crippen LogP contribution in [0.3, 0.4) is 0 Å². The van der Waals surface area contributed by atoms with Crippen molar-refractivity contribution in [3.63, 3.8) is 0 Å². The predicted molar refractivity (Wildman–Crippen MR) is 37.2 cm³/mol. The molecule has 1 atom stereocenters. The fraction of sp³-hybridized carbons (Fsp3) is 0. The molecule has 0 rings (SSSR count). The summed E-state index contributed by atoms with van der Waals surface area (Å²) in [6, 6.07) is 0. The summed E-state index contributed by atoms with van der Waals surface area (Å²) >= 11 is 3.89. The second-order valence-corrected chi connectivity index (χ2v) is 0. The van der Waals surface area contributed by atoms with Gasteiger partial charge in [0.25, 0.3) is 0 Å². The van der Waals surface area contributed by atoms with E-state index in [4.69, 9.17) is 0 Å². The van der Waals surface area contributed by atoms with Gasteiger partial charge in [-0.2, -0.15) is 23.4 Å². The summed E-state index contributed by atoms with van der Waals surface area (Å²) in [6.45, 7) is 0. The van der Waals surface area contributed by atoms with Crippen molar-refractivity contribution < 1.29 is 0 Å². The van der Waals surface area contributed by atoms with E-state index in [-0.39, 0.29) is 23.4 Å². The fourth-order valence-electron chi connectivity index (χ4n) is 0. The van der Waals surface area contributed by atoms with Gasteiger partial charge in [-0.1, -0.05) is 11.8 Å². The van der Waals surface area contributed by atoms with Crippen LogP contribution in [0.25, 0.3) is 0 Å². The van der Waals surface area contributed by atoms with Crippen LogP contribution in [0.4, 0.5) is 0 Å². The lowest BCUT2D eigenvalue weighted by Crippen LogP contribution is -0.399. The fourth-order valence-corrected chi connectivity index (χ4v) is 0. The highest BCUT2D eigenvalue weighted by atomic mass is 32.4. The molecule has 0 saturated heterocycles. The monoisotopic (exact) mass is 132 g/mol. The van der Waals surface area contributed by atoms with Gasteiger partial charge in [-0.15, -0.1) is 0 Å². The lowest BCUT2D eigenvalue weighted by atomic mass is 30.6. The van der Waals surface area contributed by atoms with Crippen molar-refractivity contribution in [2.75, 3.05) is 0 Å². The van der Waals surface area contributed by atoms with Gasteiger partial charge in [0.05, 0.1) is 0 Å². The quantitative estimate of drug-likeness (QED) is 0.438. The van der Waals surface area contributed by atoms with Crippen molar-refractivity contribution >= 4 is 43.2 Å². The highest BCUT2D eigenvalue weighted by Crippen LogP contribution is 1.26. The Kier molecular flexibility index (Phi) is 128. The van der Waals surface area contributed by atoms with Crippen LogP contribution in [0.15, 0.2) is 0 Å². The predicted octanol–water partition coefficient (Wildman–Crippen LogP) is 0.762. The molecule has 4 heteroatoms. The molecule has 0 aromatic rings. The van der Waals surface area contributed by atoms with Gasteiger partial charge in [0.15, 0.2) is 0 Å². The first-order chi connectivity index (χ1) is 1.00. The standard InChI is InChI=1S/HPS.H3P.H2S/c1-2;;/h1H;1H3;1H2. The van der Waals surface area contributed by atoms with Crippen molar-refractivity contribution in [3.05, 3.63) is 0 Å². The Bertz CT molecular complexity index is 4.00. The highest BCUT2D eigenvalue weighted by Gasteiger charge is 0.655. The van der Waals surface area contributed by atoms with Crippen LogP contribution in [0.1, 0.15) is 0 Å². The molecule has 0 aromatic heterocycles. The molecule has 0 bridgehead atoms. The summed E-state index contributed by atoms with van der Waals surface area (Å²) in [5, 5.41) is 0. The van der Waals surface area contributed by atoms with E-state index in [2.05, 4.69) is 19.8 Å². The molecule has 0 aliphatic carbocycles. The average molecular weight is 132 g/mol. The topological polar surface area (TPSA) is 0 Å². The first-order valence-corrected chi connectivity index (χ1v) is 1.84. The third kappa shape index (κ3) is 10.3. The Hall–Kier alpha value is 1.30. The van der Waals surface area contributed by atoms with Gasteiger partial charge in [-0.3, -0.25) is 0 Å². The van der Waals surface area contributed by atoms with Gasteiger partial charge in [-0.05, 0) is 8.02 Å². The van der Waals surface area contributed by atoms with E-state index in [1.165, 1.54) is 0 Å². The van der Waals surface area contributed by atoms with Gasteiger partial charge in [0.2, 0.25) is 0 Å². The zero-order chi connectivity index (χ0) is 2.00. The Balaban J connectivity index is -0.00000000500. The Labute approximate surface area is 43.7 Å². The van der Waals surface area contributed by atoms with Crippen LogP contribution in [-0.4, -0.2) is 0 Å². The van der Waals surface area contributed by atoms with Gasteiger partial charge in [-0.25, -0.2) is 0 Å². The van der Waals surface area contributed by atoms with Gasteiger partial charge in [0, 0.05) is 0 Å². The smallest absolute Gasteiger partial charge is 0.0437 e. The Morgan fingerprint density at radius 2 is 1.25 bits per heavy atom. The molecule has 0 nitrogen and oxygen atoms in total. The lowest BCUT2D eigenvalue weighted by Gasteiger charge is -0.760. The number of rotatable bonds is 0. The summed E-state index contributed by atoms with van der Waals surface area (Å²) < 4.78 is 0. The molecule has 0 N–H and O–H groups in total. The minimum absolute atomic E-state index is 0. The van der Waals surface area contributed by atoms with Crippen LogP contribution >= 0.6 is 31.4 Å². The highest BCUT2D eigenvalue weighted by molar-refractivity contribution is 7.88. The molecule has 0 heterocycles. The zero-order valence-electron chi connectivity index (χ0n) is 2.12. The molecular weight excluding hydrogens is 126 g/mol. The summed E-state index contributed by atoms with van der Waals surface area (Å²) in [6.07, 6.45) is 0. The average Bonchev–Trinajstić information content (AvgIpc) is 1.00. The molecule has 0 radical (unpaired) electrons. The van der Waals surface area contributed by atoms with E-state index < -0.39 is 0 Å². The third-order valence-electron chi connectivity index (χ3n) is 0. The van der Waals surface area contributed by atoms with Gasteiger partial charge in [0.1, 0.15) is 0 Å². The minimum Gasteiger partial charge on any atom is -0.197 e. The summed E-state index contributed by atoms with van der Waals surface area (Å²) in [4.78, 5) is 0. The third-order valence-corrected chi connectivity index (χ3v) is 0. The maximum atomic E-state index is 3.89. The molecule has 4 heavy (non-hydrogen) atoms. The number of hydrogen-bond donors (Lipinski definition) is 0. The Morgan fingerprint density at radius 3 is 1.25 bits per heavy atom. The molecule has 1 unspecified atom stereocenters. The summed E-state index contributed by atoms with van der Waals surface area (Å²) in [7, 11) is 2.56. The largest absolute Gasteiger partial charge is 0.197 e. The van der Waals surface area contributed by atoms with Crippen molar-refractivity contribution in [2.45, 2.75) is 0 Å². The maximum Gasteiger partial charge on any atom is -0.0437 e. The lowest BCUT2D eigenvalue weighted by molar-refractivity contribution is 6.40. The molecule has 0 aliphatic rings. The first kappa shape index (κ1) is 18.5. The molecule has 0 amide bonds. The molecule has 0 spiro atoms. The minimum atomic E-state index is 0. The SMILES string of the molecule is P.P=S.S. The summed E-state index contributed by atoms with van der Waals surface area (Å²) in [5.41, 5.74) is 0. The second-order valence-electron chi connectivity index (χ2n) is 0. The van der Waals surface area contributed by atoms with Crippen LogP contribution in [0.5, 0.6) is 0 Å². The van der Waals surface area contributed by atoms with Crippen LogP contribution < -0.4 is 0 Å². The molecule has 0 aliphatic heterocycles. The molecular formula is H6P2S2. The molecule has 0 saturated carbocycles. The maximum absolute atomic E-state index is 3.89.